The van der Waals surface area contributed by atoms with Crippen LogP contribution in [0.4, 0.5) is 8.78 Å². The monoisotopic (exact) mass is 368 g/mol. The van der Waals surface area contributed by atoms with Crippen LogP contribution >= 0.6 is 15.9 Å². The molecule has 114 valence electrons. The van der Waals surface area contributed by atoms with Crippen molar-refractivity contribution in [1.29, 1.82) is 0 Å². The van der Waals surface area contributed by atoms with Gasteiger partial charge in [-0.25, -0.2) is 13.5 Å². The maximum Gasteiger partial charge on any atom is 0.191 e. The molecule has 1 aromatic heterocycles. The van der Waals surface area contributed by atoms with Crippen molar-refractivity contribution in [3.05, 3.63) is 52.6 Å². The van der Waals surface area contributed by atoms with E-state index in [1.165, 1.54) is 18.0 Å². The maximum absolute atomic E-state index is 14.6. The summed E-state index contributed by atoms with van der Waals surface area (Å²) in [5, 5.41) is 4.16. The number of methoxy groups -OCH3 is 1. The van der Waals surface area contributed by atoms with E-state index in [1.54, 1.807) is 24.3 Å². The van der Waals surface area contributed by atoms with E-state index in [9.17, 15) is 8.78 Å². The molecule has 2 aromatic carbocycles. The Morgan fingerprint density at radius 1 is 1.23 bits per heavy atom. The summed E-state index contributed by atoms with van der Waals surface area (Å²) in [6.07, 6.45) is 1.29. The highest BCUT2D eigenvalue weighted by Gasteiger charge is 2.19. The number of hydrogen-bond donors (Lipinski definition) is 0. The van der Waals surface area contributed by atoms with Crippen molar-refractivity contribution in [3.8, 4) is 11.4 Å². The molecule has 22 heavy (non-hydrogen) atoms. The summed E-state index contributed by atoms with van der Waals surface area (Å²) in [6.45, 7) is -0.172. The fourth-order valence-electron chi connectivity index (χ4n) is 2.11. The number of nitrogens with zero attached hydrogens (tertiary/aromatic N) is 2. The lowest BCUT2D eigenvalue weighted by Crippen LogP contribution is -2.04. The van der Waals surface area contributed by atoms with Crippen molar-refractivity contribution >= 4 is 26.8 Å². The van der Waals surface area contributed by atoms with Crippen molar-refractivity contribution in [1.82, 2.24) is 9.78 Å². The minimum Gasteiger partial charge on any atom is -0.464 e. The van der Waals surface area contributed by atoms with E-state index in [2.05, 4.69) is 21.0 Å². The quantitative estimate of drug-likeness (QED) is 0.651. The minimum absolute atomic E-state index is 0.0217. The minimum atomic E-state index is -0.686. The van der Waals surface area contributed by atoms with E-state index >= 15 is 0 Å². The van der Waals surface area contributed by atoms with Gasteiger partial charge in [-0.05, 0) is 24.3 Å². The Kier molecular flexibility index (Phi) is 4.08. The van der Waals surface area contributed by atoms with Gasteiger partial charge in [-0.1, -0.05) is 15.9 Å². The van der Waals surface area contributed by atoms with Gasteiger partial charge in [0.05, 0.1) is 17.3 Å². The second-order valence-corrected chi connectivity index (χ2v) is 5.43. The highest BCUT2D eigenvalue weighted by atomic mass is 79.9. The molecule has 0 saturated heterocycles. The van der Waals surface area contributed by atoms with Crippen LogP contribution in [0.5, 0.6) is 5.75 Å². The van der Waals surface area contributed by atoms with E-state index in [-0.39, 0.29) is 23.4 Å². The number of fused-ring (bicyclic) bond motifs is 1. The van der Waals surface area contributed by atoms with Gasteiger partial charge in [0.1, 0.15) is 11.3 Å². The van der Waals surface area contributed by atoms with Crippen LogP contribution in [0.25, 0.3) is 16.6 Å². The van der Waals surface area contributed by atoms with Crippen LogP contribution in [0.3, 0.4) is 0 Å². The first kappa shape index (κ1) is 14.9. The molecule has 0 amide bonds. The predicted molar refractivity (Wildman–Crippen MR) is 81.2 cm³/mol. The molecule has 0 radical (unpaired) electrons. The summed E-state index contributed by atoms with van der Waals surface area (Å²) in [5.74, 6) is -1.51. The zero-order valence-electron chi connectivity index (χ0n) is 11.5. The summed E-state index contributed by atoms with van der Waals surface area (Å²) in [6, 6.07) is 8.07. The number of hydrogen-bond acceptors (Lipinski definition) is 3. The Hall–Kier alpha value is -1.99. The zero-order chi connectivity index (χ0) is 15.7. The highest BCUT2D eigenvalue weighted by Crippen LogP contribution is 2.31. The Morgan fingerprint density at radius 2 is 1.95 bits per heavy atom. The molecule has 3 rings (SSSR count). The van der Waals surface area contributed by atoms with Gasteiger partial charge in [0, 0.05) is 17.6 Å². The van der Waals surface area contributed by atoms with E-state index < -0.39 is 11.6 Å². The van der Waals surface area contributed by atoms with Gasteiger partial charge in [0.15, 0.2) is 18.4 Å². The maximum atomic E-state index is 14.6. The first-order valence-electron chi connectivity index (χ1n) is 6.35. The van der Waals surface area contributed by atoms with E-state index in [1.807, 2.05) is 0 Å². The Bertz CT molecular complexity index is 819. The average molecular weight is 369 g/mol. The van der Waals surface area contributed by atoms with Gasteiger partial charge < -0.3 is 9.47 Å². The first-order chi connectivity index (χ1) is 10.6. The third-order valence-electron chi connectivity index (χ3n) is 3.11. The molecule has 1 heterocycles. The molecule has 0 bridgehead atoms. The molecule has 0 aliphatic carbocycles. The smallest absolute Gasteiger partial charge is 0.191 e. The zero-order valence-corrected chi connectivity index (χ0v) is 13.1. The number of aromatic nitrogens is 2. The predicted octanol–water partition coefficient (Wildman–Crippen LogP) is 4.05. The second-order valence-electron chi connectivity index (χ2n) is 4.52. The standard InChI is InChI=1S/C15H11BrF2N2O2/c1-21-8-22-13-6-12(17)11-7-19-20(15(11)14(13)18)10-4-2-9(16)3-5-10/h2-7H,8H2,1H3. The van der Waals surface area contributed by atoms with Gasteiger partial charge in [0.2, 0.25) is 0 Å². The molecular weight excluding hydrogens is 358 g/mol. The van der Waals surface area contributed by atoms with Crippen LogP contribution in [0.2, 0.25) is 0 Å². The fourth-order valence-corrected chi connectivity index (χ4v) is 2.38. The fraction of sp³-hybridized carbons (Fsp3) is 0.133. The summed E-state index contributed by atoms with van der Waals surface area (Å²) in [7, 11) is 1.40. The van der Waals surface area contributed by atoms with E-state index in [4.69, 9.17) is 9.47 Å². The lowest BCUT2D eigenvalue weighted by molar-refractivity contribution is 0.0482. The van der Waals surface area contributed by atoms with Gasteiger partial charge in [-0.2, -0.15) is 5.10 Å². The molecule has 0 saturated carbocycles. The summed E-state index contributed by atoms with van der Waals surface area (Å²) < 4.78 is 40.7. The molecule has 0 fully saturated rings. The van der Waals surface area contributed by atoms with Crippen molar-refractivity contribution in [2.24, 2.45) is 0 Å². The highest BCUT2D eigenvalue weighted by molar-refractivity contribution is 9.10. The molecule has 7 heteroatoms. The molecule has 3 aromatic rings. The molecule has 0 aliphatic heterocycles. The number of ether oxygens (including phenoxy) is 2. The summed E-state index contributed by atoms with van der Waals surface area (Å²) in [5.41, 5.74) is 0.633. The van der Waals surface area contributed by atoms with Crippen LogP contribution in [0.1, 0.15) is 0 Å². The number of benzene rings is 2. The molecule has 0 aliphatic rings. The van der Waals surface area contributed by atoms with Crippen molar-refractivity contribution < 1.29 is 18.3 Å². The third kappa shape index (κ3) is 2.57. The molecule has 0 atom stereocenters. The Balaban J connectivity index is 2.19. The Morgan fingerprint density at radius 3 is 2.64 bits per heavy atom. The van der Waals surface area contributed by atoms with Gasteiger partial charge in [-0.3, -0.25) is 0 Å². The van der Waals surface area contributed by atoms with E-state index in [0.717, 1.165) is 10.5 Å². The average Bonchev–Trinajstić information content (AvgIpc) is 2.96. The van der Waals surface area contributed by atoms with Gasteiger partial charge in [-0.15, -0.1) is 0 Å². The number of rotatable bonds is 4. The van der Waals surface area contributed by atoms with Crippen LogP contribution in [-0.4, -0.2) is 23.7 Å². The van der Waals surface area contributed by atoms with Crippen molar-refractivity contribution in [2.45, 2.75) is 0 Å². The topological polar surface area (TPSA) is 36.3 Å². The Labute approximate surface area is 133 Å². The van der Waals surface area contributed by atoms with Crippen LogP contribution < -0.4 is 4.74 Å². The molecule has 0 N–H and O–H groups in total. The van der Waals surface area contributed by atoms with Gasteiger partial charge in [0.25, 0.3) is 0 Å². The van der Waals surface area contributed by atoms with Crippen LogP contribution in [0, 0.1) is 11.6 Å². The second kappa shape index (κ2) is 6.02. The van der Waals surface area contributed by atoms with Crippen molar-refractivity contribution in [2.75, 3.05) is 13.9 Å². The lowest BCUT2D eigenvalue weighted by Gasteiger charge is -2.09. The molecule has 0 unspecified atom stereocenters. The van der Waals surface area contributed by atoms with Crippen LogP contribution in [0.15, 0.2) is 41.0 Å². The first-order valence-corrected chi connectivity index (χ1v) is 7.14. The van der Waals surface area contributed by atoms with E-state index in [0.29, 0.717) is 5.69 Å². The lowest BCUT2D eigenvalue weighted by atomic mass is 10.2. The largest absolute Gasteiger partial charge is 0.464 e. The molecule has 0 spiro atoms. The third-order valence-corrected chi connectivity index (χ3v) is 3.64. The molecule has 4 nitrogen and oxygen atoms in total. The SMILES string of the molecule is COCOc1cc(F)c2cnn(-c3ccc(Br)cc3)c2c1F. The summed E-state index contributed by atoms with van der Waals surface area (Å²) >= 11 is 3.33. The van der Waals surface area contributed by atoms with Gasteiger partial charge >= 0.3 is 0 Å². The number of halogens is 3. The summed E-state index contributed by atoms with van der Waals surface area (Å²) in [4.78, 5) is 0. The van der Waals surface area contributed by atoms with Crippen molar-refractivity contribution in [3.63, 3.8) is 0 Å². The van der Waals surface area contributed by atoms with Crippen LogP contribution in [-0.2, 0) is 4.74 Å². The normalized spacial score (nSPS) is 11.1. The molecular formula is C15H11BrF2N2O2.